The zero-order valence-corrected chi connectivity index (χ0v) is 21.4. The monoisotopic (exact) mass is 499 g/mol. The van der Waals surface area contributed by atoms with E-state index in [0.29, 0.717) is 41.6 Å². The number of nitriles is 1. The molecule has 0 N–H and O–H groups in total. The number of amides is 2. The molecule has 0 radical (unpaired) electrons. The van der Waals surface area contributed by atoms with Crippen molar-refractivity contribution in [3.8, 4) is 34.7 Å². The molecule has 37 heavy (non-hydrogen) atoms. The van der Waals surface area contributed by atoms with Crippen molar-refractivity contribution in [1.29, 1.82) is 5.26 Å². The Morgan fingerprint density at radius 1 is 1.30 bits per heavy atom. The van der Waals surface area contributed by atoms with E-state index >= 15 is 0 Å². The fourth-order valence-electron chi connectivity index (χ4n) is 5.33. The summed E-state index contributed by atoms with van der Waals surface area (Å²) in [6.07, 6.45) is 1.96. The lowest BCUT2D eigenvalue weighted by atomic mass is 9.80. The Hall–Kier alpha value is -4.19. The molecule has 2 aliphatic rings. The normalized spacial score (nSPS) is 18.4. The third-order valence-electron chi connectivity index (χ3n) is 7.14. The number of likely N-dealkylation sites (N-methyl/N-ethyl adjacent to an activating group) is 1. The summed E-state index contributed by atoms with van der Waals surface area (Å²) in [6, 6.07) is 13.4. The number of likely N-dealkylation sites (tertiary alicyclic amines) is 1. The number of hydrogen-bond donors (Lipinski definition) is 0. The number of benzene rings is 2. The first kappa shape index (κ1) is 24.5. The molecule has 9 heteroatoms. The Balaban J connectivity index is 1.43. The van der Waals surface area contributed by atoms with E-state index in [-0.39, 0.29) is 29.9 Å². The fraction of sp³-hybridized carbons (Fsp3) is 0.393. The van der Waals surface area contributed by atoms with Gasteiger partial charge in [-0.05, 0) is 56.0 Å². The predicted octanol–water partition coefficient (Wildman–Crippen LogP) is 3.57. The summed E-state index contributed by atoms with van der Waals surface area (Å²) in [6.45, 7) is 4.44. The zero-order chi connectivity index (χ0) is 26.3. The molecule has 3 aromatic rings. The minimum absolute atomic E-state index is 0.00786. The highest BCUT2D eigenvalue weighted by Gasteiger charge is 2.49. The van der Waals surface area contributed by atoms with Crippen LogP contribution in [0.25, 0.3) is 22.8 Å². The molecular weight excluding hydrogens is 470 g/mol. The average molecular weight is 500 g/mol. The van der Waals surface area contributed by atoms with Crippen LogP contribution < -0.4 is 4.74 Å². The maximum absolute atomic E-state index is 12.8. The van der Waals surface area contributed by atoms with Gasteiger partial charge in [0.15, 0.2) is 0 Å². The van der Waals surface area contributed by atoms with Crippen molar-refractivity contribution in [2.75, 3.05) is 27.2 Å². The van der Waals surface area contributed by atoms with Gasteiger partial charge < -0.3 is 19.1 Å². The van der Waals surface area contributed by atoms with E-state index in [1.54, 1.807) is 37.2 Å². The number of hydrogen-bond acceptors (Lipinski definition) is 7. The summed E-state index contributed by atoms with van der Waals surface area (Å²) in [7, 11) is 3.40. The molecule has 2 aromatic carbocycles. The molecule has 1 saturated heterocycles. The molecule has 1 spiro atoms. The molecule has 0 saturated carbocycles. The van der Waals surface area contributed by atoms with Gasteiger partial charge in [-0.2, -0.15) is 10.2 Å². The van der Waals surface area contributed by atoms with Crippen molar-refractivity contribution in [3.63, 3.8) is 0 Å². The van der Waals surface area contributed by atoms with Crippen LogP contribution in [0.1, 0.15) is 43.4 Å². The Morgan fingerprint density at radius 2 is 2.11 bits per heavy atom. The smallest absolute Gasteiger partial charge is 0.258 e. The van der Waals surface area contributed by atoms with Crippen LogP contribution in [0.3, 0.4) is 0 Å². The second kappa shape index (κ2) is 9.36. The maximum Gasteiger partial charge on any atom is 0.258 e. The molecule has 5 rings (SSSR count). The van der Waals surface area contributed by atoms with Crippen LogP contribution >= 0.6 is 0 Å². The van der Waals surface area contributed by atoms with E-state index in [2.05, 4.69) is 22.3 Å². The molecule has 0 unspecified atom stereocenters. The Bertz CT molecular complexity index is 1420. The van der Waals surface area contributed by atoms with Gasteiger partial charge in [0.1, 0.15) is 11.8 Å². The highest BCUT2D eigenvalue weighted by atomic mass is 16.5. The van der Waals surface area contributed by atoms with Crippen molar-refractivity contribution in [2.45, 2.75) is 44.6 Å². The summed E-state index contributed by atoms with van der Waals surface area (Å²) in [5.41, 5.74) is 3.83. The Morgan fingerprint density at radius 3 is 2.84 bits per heavy atom. The Labute approximate surface area is 215 Å². The lowest BCUT2D eigenvalue weighted by molar-refractivity contribution is -0.136. The number of nitrogens with zero attached hydrogens (tertiary/aromatic N) is 5. The van der Waals surface area contributed by atoms with Crippen LogP contribution in [0.4, 0.5) is 0 Å². The summed E-state index contributed by atoms with van der Waals surface area (Å²) < 4.78 is 11.3. The van der Waals surface area contributed by atoms with E-state index in [0.717, 1.165) is 29.5 Å². The van der Waals surface area contributed by atoms with Gasteiger partial charge >= 0.3 is 0 Å². The minimum Gasteiger partial charge on any atom is -0.490 e. The van der Waals surface area contributed by atoms with Crippen molar-refractivity contribution < 1.29 is 18.8 Å². The van der Waals surface area contributed by atoms with Crippen molar-refractivity contribution in [1.82, 2.24) is 19.9 Å². The van der Waals surface area contributed by atoms with Gasteiger partial charge in [0.2, 0.25) is 17.6 Å². The first-order chi connectivity index (χ1) is 17.7. The summed E-state index contributed by atoms with van der Waals surface area (Å²) >= 11 is 0. The topological polar surface area (TPSA) is 113 Å². The van der Waals surface area contributed by atoms with Gasteiger partial charge in [-0.1, -0.05) is 23.4 Å². The lowest BCUT2D eigenvalue weighted by Gasteiger charge is -2.25. The first-order valence-electron chi connectivity index (χ1n) is 12.4. The van der Waals surface area contributed by atoms with Gasteiger partial charge in [0.25, 0.3) is 5.89 Å². The molecule has 0 bridgehead atoms. The number of fused-ring (bicyclic) bond motifs is 2. The third kappa shape index (κ3) is 4.44. The second-order valence-electron chi connectivity index (χ2n) is 10.2. The van der Waals surface area contributed by atoms with E-state index < -0.39 is 0 Å². The van der Waals surface area contributed by atoms with E-state index in [9.17, 15) is 14.9 Å². The van der Waals surface area contributed by atoms with Crippen LogP contribution in [-0.2, 0) is 21.4 Å². The highest BCUT2D eigenvalue weighted by Crippen LogP contribution is 2.48. The number of aromatic nitrogens is 2. The van der Waals surface area contributed by atoms with Gasteiger partial charge in [0.05, 0.1) is 18.2 Å². The van der Waals surface area contributed by atoms with Crippen molar-refractivity contribution in [2.24, 2.45) is 0 Å². The van der Waals surface area contributed by atoms with Crippen LogP contribution in [0, 0.1) is 11.3 Å². The molecule has 1 fully saturated rings. The quantitative estimate of drug-likeness (QED) is 0.510. The largest absolute Gasteiger partial charge is 0.490 e. The second-order valence-corrected chi connectivity index (χ2v) is 10.2. The van der Waals surface area contributed by atoms with Crippen LogP contribution in [0.15, 0.2) is 40.9 Å². The molecule has 1 aliphatic carbocycles. The first-order valence-corrected chi connectivity index (χ1v) is 12.4. The average Bonchev–Trinajstić information content (AvgIpc) is 3.57. The number of ether oxygens (including phenoxy) is 1. The van der Waals surface area contributed by atoms with Crippen LogP contribution in [0.5, 0.6) is 5.75 Å². The molecule has 2 amide bonds. The van der Waals surface area contributed by atoms with Crippen LogP contribution in [0.2, 0.25) is 0 Å². The van der Waals surface area contributed by atoms with Gasteiger partial charge in [-0.15, -0.1) is 0 Å². The number of carbonyl (C=O) groups excluding carboxylic acids is 2. The van der Waals surface area contributed by atoms with Crippen molar-refractivity contribution in [3.05, 3.63) is 53.1 Å². The number of rotatable bonds is 6. The molecule has 1 aliphatic heterocycles. The maximum atomic E-state index is 12.8. The molecular formula is C28H29N5O4. The summed E-state index contributed by atoms with van der Waals surface area (Å²) in [4.78, 5) is 32.9. The predicted molar refractivity (Wildman–Crippen MR) is 136 cm³/mol. The highest BCUT2D eigenvalue weighted by molar-refractivity contribution is 5.87. The molecule has 2 heterocycles. The molecule has 190 valence electrons. The zero-order valence-electron chi connectivity index (χ0n) is 21.4. The van der Waals surface area contributed by atoms with Crippen molar-refractivity contribution >= 4 is 11.8 Å². The molecule has 1 aromatic heterocycles. The standard InChI is InChI=1S/C28H29N5O4/c1-17(2)36-23-9-8-18(12-19(23)14-29)27-30-26(31-37-27)21-6-5-7-22-20(21)10-11-28(22)13-24(34)33(16-28)15-25(35)32(3)4/h5-9,12,17H,10-11,13,15-16H2,1-4H3/t28-/m1/s1. The summed E-state index contributed by atoms with van der Waals surface area (Å²) in [5, 5.41) is 13.8. The van der Waals surface area contributed by atoms with Gasteiger partial charge in [-0.3, -0.25) is 9.59 Å². The fourth-order valence-corrected chi connectivity index (χ4v) is 5.33. The van der Waals surface area contributed by atoms with Crippen LogP contribution in [-0.4, -0.2) is 65.0 Å². The Kier molecular flexibility index (Phi) is 6.20. The summed E-state index contributed by atoms with van der Waals surface area (Å²) in [5.74, 6) is 1.22. The third-order valence-corrected chi connectivity index (χ3v) is 7.14. The lowest BCUT2D eigenvalue weighted by Crippen LogP contribution is -2.38. The minimum atomic E-state index is -0.310. The van der Waals surface area contributed by atoms with Gasteiger partial charge in [0, 0.05) is 43.6 Å². The SMILES string of the molecule is CC(C)Oc1ccc(-c2nc(-c3cccc4c3CC[C@]43CC(=O)N(CC(=O)N(C)C)C3)no2)cc1C#N. The molecule has 9 nitrogen and oxygen atoms in total. The molecule has 1 atom stereocenters. The number of carbonyl (C=O) groups is 2. The van der Waals surface area contributed by atoms with E-state index in [1.807, 2.05) is 26.0 Å². The van der Waals surface area contributed by atoms with E-state index in [4.69, 9.17) is 9.26 Å². The van der Waals surface area contributed by atoms with E-state index in [1.165, 1.54) is 4.90 Å². The van der Waals surface area contributed by atoms with Gasteiger partial charge in [-0.25, -0.2) is 0 Å².